The van der Waals surface area contributed by atoms with E-state index in [4.69, 9.17) is 4.74 Å². The fraction of sp³-hybridized carbons (Fsp3) is 0.350. The minimum absolute atomic E-state index is 0.0489. The number of anilines is 1. The predicted octanol–water partition coefficient (Wildman–Crippen LogP) is 3.77. The maximum atomic E-state index is 11.1. The first-order valence-electron chi connectivity index (χ1n) is 9.49. The summed E-state index contributed by atoms with van der Waals surface area (Å²) in [4.78, 5) is 10.7. The smallest absolute Gasteiger partial charge is 0.269 e. The molecule has 1 heterocycles. The SMILES string of the molecule is COc1ccc(NC2(c3nnnn3-c3ccc([N+](=O)[O-])cc3C)CCCC2)cc1. The second-order valence-electron chi connectivity index (χ2n) is 7.28. The Morgan fingerprint density at radius 1 is 1.17 bits per heavy atom. The second kappa shape index (κ2) is 7.50. The van der Waals surface area contributed by atoms with E-state index in [9.17, 15) is 10.1 Å². The molecule has 1 aliphatic carbocycles. The largest absolute Gasteiger partial charge is 0.497 e. The van der Waals surface area contributed by atoms with E-state index in [-0.39, 0.29) is 5.69 Å². The number of benzene rings is 2. The van der Waals surface area contributed by atoms with Crippen molar-refractivity contribution in [3.8, 4) is 11.4 Å². The van der Waals surface area contributed by atoms with Gasteiger partial charge in [0, 0.05) is 17.8 Å². The molecule has 1 saturated carbocycles. The van der Waals surface area contributed by atoms with E-state index in [1.54, 1.807) is 23.9 Å². The van der Waals surface area contributed by atoms with Crippen molar-refractivity contribution in [2.45, 2.75) is 38.1 Å². The van der Waals surface area contributed by atoms with E-state index < -0.39 is 10.5 Å². The molecule has 1 aromatic heterocycles. The van der Waals surface area contributed by atoms with E-state index in [2.05, 4.69) is 20.8 Å². The molecule has 0 amide bonds. The first-order chi connectivity index (χ1) is 14.0. The Hall–Kier alpha value is -3.49. The van der Waals surface area contributed by atoms with Crippen LogP contribution >= 0.6 is 0 Å². The highest BCUT2D eigenvalue weighted by atomic mass is 16.6. The summed E-state index contributed by atoms with van der Waals surface area (Å²) in [7, 11) is 1.64. The van der Waals surface area contributed by atoms with Crippen molar-refractivity contribution in [1.82, 2.24) is 20.2 Å². The molecule has 0 saturated heterocycles. The molecule has 9 heteroatoms. The van der Waals surface area contributed by atoms with Gasteiger partial charge in [-0.2, -0.15) is 4.68 Å². The highest BCUT2D eigenvalue weighted by molar-refractivity contribution is 5.51. The number of nitro benzene ring substituents is 1. The third-order valence-electron chi connectivity index (χ3n) is 5.45. The lowest BCUT2D eigenvalue weighted by atomic mass is 9.95. The molecule has 0 bridgehead atoms. The summed E-state index contributed by atoms with van der Waals surface area (Å²) in [6, 6.07) is 12.5. The van der Waals surface area contributed by atoms with Gasteiger partial charge in [0.2, 0.25) is 0 Å². The van der Waals surface area contributed by atoms with Gasteiger partial charge >= 0.3 is 0 Å². The minimum Gasteiger partial charge on any atom is -0.497 e. The summed E-state index contributed by atoms with van der Waals surface area (Å²) in [6.45, 7) is 1.83. The quantitative estimate of drug-likeness (QED) is 0.501. The van der Waals surface area contributed by atoms with E-state index in [1.165, 1.54) is 6.07 Å². The van der Waals surface area contributed by atoms with Gasteiger partial charge in [-0.25, -0.2) is 0 Å². The van der Waals surface area contributed by atoms with E-state index in [1.807, 2.05) is 31.2 Å². The maximum Gasteiger partial charge on any atom is 0.269 e. The molecule has 2 aromatic carbocycles. The number of hydrogen-bond acceptors (Lipinski definition) is 7. The van der Waals surface area contributed by atoms with Crippen LogP contribution in [0.3, 0.4) is 0 Å². The zero-order valence-electron chi connectivity index (χ0n) is 16.3. The minimum atomic E-state index is -0.410. The Balaban J connectivity index is 1.73. The number of hydrogen-bond donors (Lipinski definition) is 1. The van der Waals surface area contributed by atoms with Crippen LogP contribution in [0.5, 0.6) is 5.75 Å². The van der Waals surface area contributed by atoms with Crippen LogP contribution in [0.4, 0.5) is 11.4 Å². The Morgan fingerprint density at radius 3 is 2.52 bits per heavy atom. The van der Waals surface area contributed by atoms with Crippen molar-refractivity contribution in [3.05, 3.63) is 64.0 Å². The van der Waals surface area contributed by atoms with Crippen LogP contribution in [0.2, 0.25) is 0 Å². The van der Waals surface area contributed by atoms with Crippen LogP contribution in [0, 0.1) is 17.0 Å². The van der Waals surface area contributed by atoms with Gasteiger partial charge in [-0.1, -0.05) is 12.8 Å². The zero-order valence-corrected chi connectivity index (χ0v) is 16.3. The lowest BCUT2D eigenvalue weighted by Crippen LogP contribution is -2.35. The Bertz CT molecular complexity index is 1020. The monoisotopic (exact) mass is 394 g/mol. The molecule has 29 heavy (non-hydrogen) atoms. The molecule has 3 aromatic rings. The van der Waals surface area contributed by atoms with Crippen molar-refractivity contribution < 1.29 is 9.66 Å². The number of methoxy groups -OCH3 is 1. The summed E-state index contributed by atoms with van der Waals surface area (Å²) in [5.41, 5.74) is 2.07. The average Bonchev–Trinajstić information content (AvgIpc) is 3.39. The number of aromatic nitrogens is 4. The summed E-state index contributed by atoms with van der Waals surface area (Å²) >= 11 is 0. The molecule has 150 valence electrons. The lowest BCUT2D eigenvalue weighted by molar-refractivity contribution is -0.384. The van der Waals surface area contributed by atoms with Crippen molar-refractivity contribution in [2.24, 2.45) is 0 Å². The predicted molar refractivity (Wildman–Crippen MR) is 107 cm³/mol. The molecular formula is C20H22N6O3. The Morgan fingerprint density at radius 2 is 1.90 bits per heavy atom. The first-order valence-corrected chi connectivity index (χ1v) is 9.49. The van der Waals surface area contributed by atoms with Crippen LogP contribution in [0.25, 0.3) is 5.69 Å². The molecule has 0 atom stereocenters. The zero-order chi connectivity index (χ0) is 20.4. The van der Waals surface area contributed by atoms with Gasteiger partial charge < -0.3 is 10.1 Å². The summed E-state index contributed by atoms with van der Waals surface area (Å²) in [6.07, 6.45) is 3.92. The van der Waals surface area contributed by atoms with Gasteiger partial charge in [-0.3, -0.25) is 10.1 Å². The van der Waals surface area contributed by atoms with Gasteiger partial charge in [-0.05, 0) is 66.1 Å². The number of aryl methyl sites for hydroxylation is 1. The van der Waals surface area contributed by atoms with E-state index >= 15 is 0 Å². The third-order valence-corrected chi connectivity index (χ3v) is 5.45. The van der Waals surface area contributed by atoms with Crippen LogP contribution in [0.1, 0.15) is 37.1 Å². The summed E-state index contributed by atoms with van der Waals surface area (Å²) in [5.74, 6) is 1.50. The molecule has 0 aliphatic heterocycles. The Labute approximate surface area is 167 Å². The topological polar surface area (TPSA) is 108 Å². The molecule has 0 spiro atoms. The molecule has 9 nitrogen and oxygen atoms in total. The number of nitrogens with zero attached hydrogens (tertiary/aromatic N) is 5. The van der Waals surface area contributed by atoms with Crippen LogP contribution in [-0.2, 0) is 5.54 Å². The van der Waals surface area contributed by atoms with Crippen LogP contribution in [-0.4, -0.2) is 32.2 Å². The Kier molecular flexibility index (Phi) is 4.87. The molecular weight excluding hydrogens is 372 g/mol. The maximum absolute atomic E-state index is 11.1. The number of tetrazole rings is 1. The van der Waals surface area contributed by atoms with E-state index in [0.717, 1.165) is 48.4 Å². The van der Waals surface area contributed by atoms with Crippen molar-refractivity contribution in [2.75, 3.05) is 12.4 Å². The summed E-state index contributed by atoms with van der Waals surface area (Å²) in [5, 5.41) is 27.2. The molecule has 0 unspecified atom stereocenters. The number of ether oxygens (including phenoxy) is 1. The first kappa shape index (κ1) is 18.9. The molecule has 4 rings (SSSR count). The van der Waals surface area contributed by atoms with Gasteiger partial charge in [0.15, 0.2) is 5.82 Å². The molecule has 1 N–H and O–H groups in total. The second-order valence-corrected chi connectivity index (χ2v) is 7.28. The molecule has 1 aliphatic rings. The van der Waals surface area contributed by atoms with Crippen molar-refractivity contribution >= 4 is 11.4 Å². The number of non-ortho nitro benzene ring substituents is 1. The molecule has 0 radical (unpaired) electrons. The highest BCUT2D eigenvalue weighted by Crippen LogP contribution is 2.41. The summed E-state index contributed by atoms with van der Waals surface area (Å²) < 4.78 is 6.94. The standard InChI is InChI=1S/C20H22N6O3/c1-14-13-16(26(27)28)7-10-18(14)25-19(22-23-24-25)20(11-3-4-12-20)21-15-5-8-17(29-2)9-6-15/h5-10,13,21H,3-4,11-12H2,1-2H3. The number of nitro groups is 1. The van der Waals surface area contributed by atoms with Crippen molar-refractivity contribution in [1.29, 1.82) is 0 Å². The number of nitrogens with one attached hydrogen (secondary N) is 1. The van der Waals surface area contributed by atoms with Gasteiger partial charge in [0.1, 0.15) is 5.75 Å². The third kappa shape index (κ3) is 3.51. The number of rotatable bonds is 6. The fourth-order valence-corrected chi connectivity index (χ4v) is 3.97. The molecule has 1 fully saturated rings. The lowest BCUT2D eigenvalue weighted by Gasteiger charge is -2.30. The van der Waals surface area contributed by atoms with Crippen molar-refractivity contribution in [3.63, 3.8) is 0 Å². The normalized spacial score (nSPS) is 15.2. The van der Waals surface area contributed by atoms with Gasteiger partial charge in [0.25, 0.3) is 5.69 Å². The van der Waals surface area contributed by atoms with Crippen LogP contribution in [0.15, 0.2) is 42.5 Å². The van der Waals surface area contributed by atoms with Gasteiger partial charge in [-0.15, -0.1) is 5.10 Å². The highest BCUT2D eigenvalue weighted by Gasteiger charge is 2.41. The average molecular weight is 394 g/mol. The fourth-order valence-electron chi connectivity index (χ4n) is 3.97. The van der Waals surface area contributed by atoms with Crippen LogP contribution < -0.4 is 10.1 Å². The van der Waals surface area contributed by atoms with E-state index in [0.29, 0.717) is 5.82 Å². The van der Waals surface area contributed by atoms with Gasteiger partial charge in [0.05, 0.1) is 23.3 Å².